The first-order valence-corrected chi connectivity index (χ1v) is 7.10. The zero-order valence-corrected chi connectivity index (χ0v) is 15.8. The fourth-order valence-electron chi connectivity index (χ4n) is 2.54. The second-order valence-corrected chi connectivity index (χ2v) is 5.42. The fourth-order valence-corrected chi connectivity index (χ4v) is 2.54. The molecule has 1 aromatic carbocycles. The van der Waals surface area contributed by atoms with Crippen LogP contribution in [-0.4, -0.2) is 31.1 Å². The molecule has 1 saturated heterocycles. The Morgan fingerprint density at radius 1 is 1.18 bits per heavy atom. The third-order valence-electron chi connectivity index (χ3n) is 3.68. The first kappa shape index (κ1) is 20.0. The van der Waals surface area contributed by atoms with E-state index in [1.54, 1.807) is 0 Å². The molecule has 1 aromatic rings. The van der Waals surface area contributed by atoms with Crippen molar-refractivity contribution in [1.82, 2.24) is 4.90 Å². The van der Waals surface area contributed by atoms with E-state index in [-0.39, 0.29) is 63.9 Å². The fraction of sp³-hybridized carbons (Fsp3) is 0.500. The third kappa shape index (κ3) is 7.04. The van der Waals surface area contributed by atoms with Crippen molar-refractivity contribution in [3.8, 4) is 0 Å². The van der Waals surface area contributed by atoms with Crippen molar-refractivity contribution in [2.45, 2.75) is 25.8 Å². The SMILES string of the molecule is O=C(OCc1ccccc1)N1CCC(C[B-](F)(F)F)CC1.[K+]. The Morgan fingerprint density at radius 2 is 1.77 bits per heavy atom. The van der Waals surface area contributed by atoms with Gasteiger partial charge in [-0.15, -0.1) is 0 Å². The maximum Gasteiger partial charge on any atom is 1.00 e. The number of halogens is 3. The van der Waals surface area contributed by atoms with Gasteiger partial charge in [0, 0.05) is 13.1 Å². The average molecular weight is 339 g/mol. The normalized spacial score (nSPS) is 16.0. The van der Waals surface area contributed by atoms with E-state index in [2.05, 4.69) is 0 Å². The van der Waals surface area contributed by atoms with E-state index in [1.807, 2.05) is 30.3 Å². The smallest absolute Gasteiger partial charge is 0.449 e. The summed E-state index contributed by atoms with van der Waals surface area (Å²) in [6.45, 7) is -3.88. The van der Waals surface area contributed by atoms with E-state index in [4.69, 9.17) is 4.74 Å². The summed E-state index contributed by atoms with van der Waals surface area (Å²) in [7, 11) is 0. The largest absolute Gasteiger partial charge is 1.00 e. The van der Waals surface area contributed by atoms with Gasteiger partial charge in [0.15, 0.2) is 0 Å². The van der Waals surface area contributed by atoms with E-state index < -0.39 is 19.4 Å². The number of piperidine rings is 1. The van der Waals surface area contributed by atoms with Gasteiger partial charge in [0.2, 0.25) is 0 Å². The van der Waals surface area contributed by atoms with Crippen molar-refractivity contribution in [3.05, 3.63) is 35.9 Å². The van der Waals surface area contributed by atoms with Crippen LogP contribution >= 0.6 is 0 Å². The van der Waals surface area contributed by atoms with Crippen LogP contribution in [0.15, 0.2) is 30.3 Å². The first-order valence-electron chi connectivity index (χ1n) is 7.10. The minimum Gasteiger partial charge on any atom is -0.449 e. The summed E-state index contributed by atoms with van der Waals surface area (Å²) >= 11 is 0. The molecule has 0 aliphatic carbocycles. The molecule has 0 N–H and O–H groups in total. The molecular formula is C14H18BF3KNO2. The molecule has 2 rings (SSSR count). The standard InChI is InChI=1S/C14H18BF3NO2.K/c16-15(17,18)10-12-6-8-19(9-7-12)14(20)21-11-13-4-2-1-3-5-13;/h1-5,12H,6-11H2;/q-1;+1. The summed E-state index contributed by atoms with van der Waals surface area (Å²) in [5.74, 6) is -0.358. The average Bonchev–Trinajstić information content (AvgIpc) is 2.45. The van der Waals surface area contributed by atoms with Crippen LogP contribution in [0.1, 0.15) is 18.4 Å². The van der Waals surface area contributed by atoms with Crippen molar-refractivity contribution in [2.24, 2.45) is 5.92 Å². The van der Waals surface area contributed by atoms with E-state index in [1.165, 1.54) is 4.90 Å². The summed E-state index contributed by atoms with van der Waals surface area (Å²) in [6, 6.07) is 9.29. The maximum atomic E-state index is 12.4. The molecule has 8 heteroatoms. The van der Waals surface area contributed by atoms with Crippen LogP contribution in [-0.2, 0) is 11.3 Å². The number of ether oxygens (including phenoxy) is 1. The number of rotatable bonds is 4. The van der Waals surface area contributed by atoms with Crippen molar-refractivity contribution in [1.29, 1.82) is 0 Å². The predicted molar refractivity (Wildman–Crippen MR) is 74.8 cm³/mol. The van der Waals surface area contributed by atoms with Crippen molar-refractivity contribution < 1.29 is 73.9 Å². The molecule has 0 aromatic heterocycles. The van der Waals surface area contributed by atoms with Gasteiger partial charge in [-0.2, -0.15) is 0 Å². The second kappa shape index (κ2) is 9.32. The Morgan fingerprint density at radius 3 is 2.32 bits per heavy atom. The van der Waals surface area contributed by atoms with Gasteiger partial charge in [-0.3, -0.25) is 0 Å². The number of hydrogen-bond acceptors (Lipinski definition) is 2. The molecule has 1 fully saturated rings. The number of hydrogen-bond donors (Lipinski definition) is 0. The van der Waals surface area contributed by atoms with Gasteiger partial charge in [-0.05, 0) is 18.4 Å². The number of carbonyl (C=O) groups is 1. The number of carbonyl (C=O) groups excluding carboxylic acids is 1. The Balaban J connectivity index is 0.00000242. The summed E-state index contributed by atoms with van der Waals surface area (Å²) in [5.41, 5.74) is 0.889. The summed E-state index contributed by atoms with van der Waals surface area (Å²) < 4.78 is 42.3. The number of likely N-dealkylation sites (tertiary alicyclic amines) is 1. The summed E-state index contributed by atoms with van der Waals surface area (Å²) in [5, 5.41) is 0. The van der Waals surface area contributed by atoms with Gasteiger partial charge < -0.3 is 22.6 Å². The van der Waals surface area contributed by atoms with Gasteiger partial charge in [0.05, 0.1) is 0 Å². The minimum absolute atomic E-state index is 0. The van der Waals surface area contributed by atoms with E-state index in [0.29, 0.717) is 25.9 Å². The molecule has 0 bridgehead atoms. The molecule has 1 heterocycles. The van der Waals surface area contributed by atoms with E-state index in [0.717, 1.165) is 5.56 Å². The predicted octanol–water partition coefficient (Wildman–Crippen LogP) is 0.887. The molecule has 0 saturated carbocycles. The van der Waals surface area contributed by atoms with Crippen LogP contribution in [0.5, 0.6) is 0 Å². The molecule has 0 unspecified atom stereocenters. The van der Waals surface area contributed by atoms with Crippen LogP contribution in [0.25, 0.3) is 0 Å². The monoisotopic (exact) mass is 339 g/mol. The molecule has 1 amide bonds. The second-order valence-electron chi connectivity index (χ2n) is 5.42. The third-order valence-corrected chi connectivity index (χ3v) is 3.68. The van der Waals surface area contributed by atoms with Crippen LogP contribution in [0, 0.1) is 5.92 Å². The summed E-state index contributed by atoms with van der Waals surface area (Å²) in [4.78, 5) is 13.3. The number of benzene rings is 1. The molecule has 1 aliphatic rings. The molecule has 1 aliphatic heterocycles. The number of nitrogens with zero attached hydrogens (tertiary/aromatic N) is 1. The summed E-state index contributed by atoms with van der Waals surface area (Å²) in [6.07, 6.45) is -0.370. The van der Waals surface area contributed by atoms with Gasteiger partial charge in [0.1, 0.15) is 6.61 Å². The Hall–Kier alpha value is -0.0187. The van der Waals surface area contributed by atoms with E-state index in [9.17, 15) is 17.7 Å². The Kier molecular flexibility index (Phi) is 8.48. The molecule has 22 heavy (non-hydrogen) atoms. The molecule has 0 radical (unpaired) electrons. The Labute approximate surface area is 171 Å². The van der Waals surface area contributed by atoms with Gasteiger partial charge >= 0.3 is 64.5 Å². The van der Waals surface area contributed by atoms with Gasteiger partial charge in [0.25, 0.3) is 0 Å². The molecule has 0 atom stereocenters. The van der Waals surface area contributed by atoms with Gasteiger partial charge in [-0.1, -0.05) is 42.6 Å². The molecular weight excluding hydrogens is 321 g/mol. The number of amides is 1. The van der Waals surface area contributed by atoms with Crippen LogP contribution in [0.3, 0.4) is 0 Å². The Bertz CT molecular complexity index is 465. The topological polar surface area (TPSA) is 29.5 Å². The minimum atomic E-state index is -4.74. The van der Waals surface area contributed by atoms with Crippen molar-refractivity contribution in [3.63, 3.8) is 0 Å². The van der Waals surface area contributed by atoms with Crippen LogP contribution < -0.4 is 51.4 Å². The quantitative estimate of drug-likeness (QED) is 0.763. The molecule has 3 nitrogen and oxygen atoms in total. The van der Waals surface area contributed by atoms with Crippen LogP contribution in [0.2, 0.25) is 6.32 Å². The zero-order valence-electron chi connectivity index (χ0n) is 12.7. The van der Waals surface area contributed by atoms with Crippen molar-refractivity contribution >= 4 is 13.1 Å². The maximum absolute atomic E-state index is 12.4. The zero-order chi connectivity index (χ0) is 15.3. The van der Waals surface area contributed by atoms with Crippen molar-refractivity contribution in [2.75, 3.05) is 13.1 Å². The molecule has 116 valence electrons. The first-order chi connectivity index (χ1) is 9.94. The van der Waals surface area contributed by atoms with Crippen LogP contribution in [0.4, 0.5) is 17.7 Å². The van der Waals surface area contributed by atoms with Gasteiger partial charge in [-0.25, -0.2) is 4.79 Å². The van der Waals surface area contributed by atoms with E-state index >= 15 is 0 Å². The molecule has 0 spiro atoms.